The average molecular weight is 369 g/mol. The van der Waals surface area contributed by atoms with E-state index in [1.807, 2.05) is 17.0 Å². The molecular formula is C21H21ClN2O2. The lowest BCUT2D eigenvalue weighted by Gasteiger charge is -2.49. The summed E-state index contributed by atoms with van der Waals surface area (Å²) in [6, 6.07) is 15.0. The van der Waals surface area contributed by atoms with Crippen LogP contribution in [-0.4, -0.2) is 41.2 Å². The summed E-state index contributed by atoms with van der Waals surface area (Å²) in [5, 5.41) is 0.519. The van der Waals surface area contributed by atoms with Gasteiger partial charge in [-0.2, -0.15) is 0 Å². The van der Waals surface area contributed by atoms with Gasteiger partial charge in [-0.05, 0) is 29.3 Å². The maximum absolute atomic E-state index is 12.9. The van der Waals surface area contributed by atoms with Crippen molar-refractivity contribution in [1.29, 1.82) is 0 Å². The molecule has 0 bridgehead atoms. The zero-order valence-electron chi connectivity index (χ0n) is 14.9. The molecule has 0 spiro atoms. The molecule has 4 nitrogen and oxygen atoms in total. The average Bonchev–Trinajstić information content (AvgIpc) is 2.62. The van der Waals surface area contributed by atoms with Gasteiger partial charge in [0, 0.05) is 29.1 Å². The number of fused-ring (bicyclic) bond motifs is 3. The van der Waals surface area contributed by atoms with Crippen LogP contribution in [-0.2, 0) is 10.2 Å². The number of rotatable bonds is 1. The summed E-state index contributed by atoms with van der Waals surface area (Å²) >= 11 is 6.02. The number of benzene rings is 2. The van der Waals surface area contributed by atoms with Crippen molar-refractivity contribution in [2.75, 3.05) is 19.6 Å². The third-order valence-electron chi connectivity index (χ3n) is 5.39. The molecule has 26 heavy (non-hydrogen) atoms. The first-order valence-electron chi connectivity index (χ1n) is 8.80. The highest BCUT2D eigenvalue weighted by molar-refractivity contribution is 6.31. The summed E-state index contributed by atoms with van der Waals surface area (Å²) in [6.07, 6.45) is 0. The van der Waals surface area contributed by atoms with Crippen molar-refractivity contribution < 1.29 is 9.59 Å². The Kier molecular flexibility index (Phi) is 4.03. The number of hydrogen-bond acceptors (Lipinski definition) is 2. The van der Waals surface area contributed by atoms with E-state index in [1.54, 1.807) is 29.2 Å². The van der Waals surface area contributed by atoms with Crippen LogP contribution in [0.4, 0.5) is 0 Å². The molecule has 5 heteroatoms. The molecule has 2 heterocycles. The van der Waals surface area contributed by atoms with E-state index < -0.39 is 0 Å². The summed E-state index contributed by atoms with van der Waals surface area (Å²) in [4.78, 5) is 29.3. The van der Waals surface area contributed by atoms with Gasteiger partial charge in [-0.3, -0.25) is 9.59 Å². The molecule has 0 saturated carbocycles. The summed E-state index contributed by atoms with van der Waals surface area (Å²) in [7, 11) is 0. The monoisotopic (exact) mass is 368 g/mol. The lowest BCUT2D eigenvalue weighted by molar-refractivity contribution is -0.140. The van der Waals surface area contributed by atoms with Gasteiger partial charge in [-0.15, -0.1) is 0 Å². The molecule has 1 fully saturated rings. The second-order valence-corrected chi connectivity index (χ2v) is 8.14. The van der Waals surface area contributed by atoms with E-state index in [4.69, 9.17) is 11.6 Å². The molecule has 2 aliphatic rings. The topological polar surface area (TPSA) is 40.6 Å². The summed E-state index contributed by atoms with van der Waals surface area (Å²) < 4.78 is 0. The molecule has 2 aromatic carbocycles. The maximum Gasteiger partial charge on any atom is 0.254 e. The van der Waals surface area contributed by atoms with Gasteiger partial charge in [0.15, 0.2) is 0 Å². The predicted octanol–water partition coefficient (Wildman–Crippen LogP) is 3.66. The molecule has 0 aromatic heterocycles. The molecule has 1 unspecified atom stereocenters. The van der Waals surface area contributed by atoms with Crippen LogP contribution in [0.25, 0.3) is 0 Å². The third-order valence-corrected chi connectivity index (χ3v) is 5.62. The minimum absolute atomic E-state index is 0.000735. The highest BCUT2D eigenvalue weighted by Gasteiger charge is 2.44. The molecule has 1 atom stereocenters. The number of nitrogens with zero attached hydrogens (tertiary/aromatic N) is 2. The molecule has 2 aromatic rings. The Morgan fingerprint density at radius 3 is 2.69 bits per heavy atom. The molecule has 0 radical (unpaired) electrons. The SMILES string of the molecule is CC1(C)CN2C(=O)CN(C(=O)c3cccc(Cl)c3)CC2c2ccccc21. The highest BCUT2D eigenvalue weighted by Crippen LogP contribution is 2.41. The molecule has 0 aliphatic carbocycles. The van der Waals surface area contributed by atoms with Crippen LogP contribution in [0.3, 0.4) is 0 Å². The largest absolute Gasteiger partial charge is 0.331 e. The van der Waals surface area contributed by atoms with Crippen molar-refractivity contribution in [3.63, 3.8) is 0 Å². The normalized spacial score (nSPS) is 21.2. The van der Waals surface area contributed by atoms with Crippen LogP contribution >= 0.6 is 11.6 Å². The molecule has 134 valence electrons. The quantitative estimate of drug-likeness (QED) is 0.770. The second-order valence-electron chi connectivity index (χ2n) is 7.70. The van der Waals surface area contributed by atoms with Gasteiger partial charge in [0.25, 0.3) is 5.91 Å². The lowest BCUT2D eigenvalue weighted by atomic mass is 9.75. The van der Waals surface area contributed by atoms with Crippen LogP contribution in [0.1, 0.15) is 41.4 Å². The number of hydrogen-bond donors (Lipinski definition) is 0. The fourth-order valence-corrected chi connectivity index (χ4v) is 4.33. The molecular weight excluding hydrogens is 348 g/mol. The van der Waals surface area contributed by atoms with Gasteiger partial charge in [0.05, 0.1) is 6.04 Å². The molecule has 2 amide bonds. The number of carbonyl (C=O) groups is 2. The number of halogens is 1. The Morgan fingerprint density at radius 2 is 1.92 bits per heavy atom. The molecule has 2 aliphatic heterocycles. The maximum atomic E-state index is 12.9. The van der Waals surface area contributed by atoms with Crippen molar-refractivity contribution in [3.8, 4) is 0 Å². The van der Waals surface area contributed by atoms with Crippen LogP contribution in [0.15, 0.2) is 48.5 Å². The Labute approximate surface area is 158 Å². The zero-order valence-corrected chi connectivity index (χ0v) is 15.7. The third kappa shape index (κ3) is 2.78. The number of amides is 2. The van der Waals surface area contributed by atoms with Gasteiger partial charge >= 0.3 is 0 Å². The summed E-state index contributed by atoms with van der Waals surface area (Å²) in [5.74, 6) is -0.151. The minimum Gasteiger partial charge on any atom is -0.331 e. The van der Waals surface area contributed by atoms with Gasteiger partial charge in [-0.1, -0.05) is 55.8 Å². The van der Waals surface area contributed by atoms with E-state index >= 15 is 0 Å². The van der Waals surface area contributed by atoms with Crippen molar-refractivity contribution in [3.05, 3.63) is 70.2 Å². The molecule has 0 N–H and O–H groups in total. The Bertz CT molecular complexity index is 893. The van der Waals surface area contributed by atoms with E-state index in [-0.39, 0.29) is 29.8 Å². The first kappa shape index (κ1) is 17.1. The van der Waals surface area contributed by atoms with E-state index in [0.29, 0.717) is 23.7 Å². The standard InChI is InChI=1S/C21H21ClN2O2/c1-21(2)13-24-18(16-8-3-4-9-17(16)21)11-23(12-19(24)25)20(26)14-6-5-7-15(22)10-14/h3-10,18H,11-13H2,1-2H3. The molecule has 1 saturated heterocycles. The predicted molar refractivity (Wildman–Crippen MR) is 101 cm³/mol. The first-order valence-corrected chi connectivity index (χ1v) is 9.18. The Balaban J connectivity index is 1.69. The van der Waals surface area contributed by atoms with E-state index in [9.17, 15) is 9.59 Å². The van der Waals surface area contributed by atoms with Crippen molar-refractivity contribution in [2.24, 2.45) is 0 Å². The van der Waals surface area contributed by atoms with Crippen LogP contribution in [0.5, 0.6) is 0 Å². The van der Waals surface area contributed by atoms with Crippen LogP contribution < -0.4 is 0 Å². The Hall–Kier alpha value is -2.33. The number of piperazine rings is 1. The van der Waals surface area contributed by atoms with Gasteiger partial charge < -0.3 is 9.80 Å². The highest BCUT2D eigenvalue weighted by atomic mass is 35.5. The van der Waals surface area contributed by atoms with E-state index in [2.05, 4.69) is 26.0 Å². The van der Waals surface area contributed by atoms with E-state index in [0.717, 1.165) is 5.56 Å². The van der Waals surface area contributed by atoms with Gasteiger partial charge in [0.1, 0.15) is 6.54 Å². The van der Waals surface area contributed by atoms with Gasteiger partial charge in [-0.25, -0.2) is 0 Å². The smallest absolute Gasteiger partial charge is 0.254 e. The fraction of sp³-hybridized carbons (Fsp3) is 0.333. The number of carbonyl (C=O) groups excluding carboxylic acids is 2. The zero-order chi connectivity index (χ0) is 18.5. The Morgan fingerprint density at radius 1 is 1.15 bits per heavy atom. The van der Waals surface area contributed by atoms with Crippen molar-refractivity contribution >= 4 is 23.4 Å². The van der Waals surface area contributed by atoms with E-state index in [1.165, 1.54) is 5.56 Å². The summed E-state index contributed by atoms with van der Waals surface area (Å²) in [6.45, 7) is 5.62. The fourth-order valence-electron chi connectivity index (χ4n) is 4.14. The van der Waals surface area contributed by atoms with Crippen LogP contribution in [0, 0.1) is 0 Å². The van der Waals surface area contributed by atoms with Crippen molar-refractivity contribution in [2.45, 2.75) is 25.3 Å². The first-order chi connectivity index (χ1) is 12.4. The lowest BCUT2D eigenvalue weighted by Crippen LogP contribution is -2.58. The van der Waals surface area contributed by atoms with Gasteiger partial charge in [0.2, 0.25) is 5.91 Å². The van der Waals surface area contributed by atoms with Crippen molar-refractivity contribution in [1.82, 2.24) is 9.80 Å². The van der Waals surface area contributed by atoms with Crippen LogP contribution in [0.2, 0.25) is 5.02 Å². The summed E-state index contributed by atoms with van der Waals surface area (Å²) in [5.41, 5.74) is 2.82. The second kappa shape index (κ2) is 6.13. The molecule has 4 rings (SSSR count). The minimum atomic E-state index is -0.150.